The van der Waals surface area contributed by atoms with Crippen LogP contribution in [0.25, 0.3) is 11.1 Å². The molecule has 0 fully saturated rings. The fourth-order valence-electron chi connectivity index (χ4n) is 2.50. The van der Waals surface area contributed by atoms with Gasteiger partial charge in [0.05, 0.1) is 11.0 Å². The average Bonchev–Trinajstić information content (AvgIpc) is 2.64. The van der Waals surface area contributed by atoms with Crippen LogP contribution in [0.2, 0.25) is 0 Å². The molecule has 25 heavy (non-hydrogen) atoms. The lowest BCUT2D eigenvalue weighted by atomic mass is 10.0. The van der Waals surface area contributed by atoms with Gasteiger partial charge < -0.3 is 5.32 Å². The van der Waals surface area contributed by atoms with Gasteiger partial charge in [0, 0.05) is 30.2 Å². The van der Waals surface area contributed by atoms with Gasteiger partial charge in [-0.1, -0.05) is 24.3 Å². The Labute approximate surface area is 145 Å². The maximum Gasteiger partial charge on any atom is 0.311 e. The van der Waals surface area contributed by atoms with E-state index in [0.29, 0.717) is 0 Å². The average molecular weight is 335 g/mol. The molecule has 2 aromatic heterocycles. The van der Waals surface area contributed by atoms with Gasteiger partial charge in [-0.3, -0.25) is 10.1 Å². The van der Waals surface area contributed by atoms with E-state index in [2.05, 4.69) is 20.3 Å². The monoisotopic (exact) mass is 335 g/mol. The molecule has 7 nitrogen and oxygen atoms in total. The first-order chi connectivity index (χ1) is 12.0. The normalized spacial score (nSPS) is 11.8. The van der Waals surface area contributed by atoms with Gasteiger partial charge in [0.1, 0.15) is 6.33 Å². The van der Waals surface area contributed by atoms with Crippen LogP contribution in [0, 0.1) is 17.0 Å². The van der Waals surface area contributed by atoms with Crippen molar-refractivity contribution in [1.29, 1.82) is 0 Å². The van der Waals surface area contributed by atoms with Crippen LogP contribution in [0.1, 0.15) is 24.1 Å². The summed E-state index contributed by atoms with van der Waals surface area (Å²) in [6.45, 7) is 3.71. The summed E-state index contributed by atoms with van der Waals surface area (Å²) >= 11 is 0. The molecule has 0 amide bonds. The van der Waals surface area contributed by atoms with Crippen molar-refractivity contribution in [2.45, 2.75) is 19.9 Å². The summed E-state index contributed by atoms with van der Waals surface area (Å²) in [5.74, 6) is 0.267. The van der Waals surface area contributed by atoms with Crippen molar-refractivity contribution >= 4 is 11.5 Å². The first kappa shape index (κ1) is 16.5. The number of anilines is 1. The highest BCUT2D eigenvalue weighted by Gasteiger charge is 2.17. The fourth-order valence-corrected chi connectivity index (χ4v) is 2.50. The third kappa shape index (κ3) is 3.77. The highest BCUT2D eigenvalue weighted by molar-refractivity contribution is 5.62. The van der Waals surface area contributed by atoms with Crippen LogP contribution in [0.15, 0.2) is 55.2 Å². The maximum atomic E-state index is 11.2. The van der Waals surface area contributed by atoms with Gasteiger partial charge in [-0.05, 0) is 30.5 Å². The number of nitro groups is 1. The van der Waals surface area contributed by atoms with E-state index in [1.165, 1.54) is 12.4 Å². The predicted molar refractivity (Wildman–Crippen MR) is 95.1 cm³/mol. The van der Waals surface area contributed by atoms with E-state index in [4.69, 9.17) is 0 Å². The number of aryl methyl sites for hydroxylation is 1. The molecule has 0 bridgehead atoms. The Balaban J connectivity index is 1.80. The van der Waals surface area contributed by atoms with Crippen LogP contribution in [0.3, 0.4) is 0 Å². The molecule has 0 aliphatic heterocycles. The molecule has 7 heteroatoms. The quantitative estimate of drug-likeness (QED) is 0.561. The van der Waals surface area contributed by atoms with Crippen molar-refractivity contribution in [2.75, 3.05) is 5.32 Å². The van der Waals surface area contributed by atoms with Crippen molar-refractivity contribution in [3.05, 3.63) is 76.5 Å². The molecule has 0 unspecified atom stereocenters. The molecule has 0 saturated heterocycles. The molecule has 0 aliphatic rings. The zero-order chi connectivity index (χ0) is 17.8. The van der Waals surface area contributed by atoms with Gasteiger partial charge in [-0.25, -0.2) is 15.0 Å². The Bertz CT molecular complexity index is 882. The summed E-state index contributed by atoms with van der Waals surface area (Å²) in [6, 6.07) is 9.28. The van der Waals surface area contributed by atoms with E-state index in [-0.39, 0.29) is 17.5 Å². The number of aromatic nitrogens is 3. The number of nitrogens with one attached hydrogen (secondary N) is 1. The number of rotatable bonds is 5. The molecular weight excluding hydrogens is 318 g/mol. The summed E-state index contributed by atoms with van der Waals surface area (Å²) in [6.07, 6.45) is 6.61. The largest absolute Gasteiger partial charge is 0.358 e. The molecule has 3 rings (SSSR count). The SMILES string of the molecule is Cc1cnc(N[C@@H](C)c2ccc(-c3cncnc3)cc2)c([N+](=O)[O-])c1. The maximum absolute atomic E-state index is 11.2. The number of nitrogens with zero attached hydrogens (tertiary/aromatic N) is 4. The van der Waals surface area contributed by atoms with E-state index in [9.17, 15) is 10.1 Å². The summed E-state index contributed by atoms with van der Waals surface area (Å²) in [4.78, 5) is 23.0. The van der Waals surface area contributed by atoms with Crippen LogP contribution >= 0.6 is 0 Å². The third-order valence-corrected chi connectivity index (χ3v) is 3.86. The van der Waals surface area contributed by atoms with Crippen molar-refractivity contribution in [3.63, 3.8) is 0 Å². The summed E-state index contributed by atoms with van der Waals surface area (Å²) in [7, 11) is 0. The number of hydrogen-bond acceptors (Lipinski definition) is 6. The van der Waals surface area contributed by atoms with Crippen LogP contribution in [-0.2, 0) is 0 Å². The lowest BCUT2D eigenvalue weighted by Crippen LogP contribution is -2.10. The minimum Gasteiger partial charge on any atom is -0.358 e. The predicted octanol–water partition coefficient (Wildman–Crippen LogP) is 3.93. The van der Waals surface area contributed by atoms with E-state index in [1.807, 2.05) is 31.2 Å². The van der Waals surface area contributed by atoms with Crippen molar-refractivity contribution in [2.24, 2.45) is 0 Å². The van der Waals surface area contributed by atoms with Crippen LogP contribution < -0.4 is 5.32 Å². The Kier molecular flexibility index (Phi) is 4.65. The molecule has 126 valence electrons. The number of pyridine rings is 1. The lowest BCUT2D eigenvalue weighted by molar-refractivity contribution is -0.384. The smallest absolute Gasteiger partial charge is 0.311 e. The first-order valence-electron chi connectivity index (χ1n) is 7.77. The second-order valence-corrected chi connectivity index (χ2v) is 5.75. The van der Waals surface area contributed by atoms with Gasteiger partial charge in [0.2, 0.25) is 5.82 Å². The molecular formula is C18H17N5O2. The molecule has 2 heterocycles. The van der Waals surface area contributed by atoms with Crippen LogP contribution in [-0.4, -0.2) is 19.9 Å². The van der Waals surface area contributed by atoms with E-state index in [1.54, 1.807) is 25.5 Å². The minimum absolute atomic E-state index is 0.0232. The zero-order valence-corrected chi connectivity index (χ0v) is 13.9. The molecule has 1 aromatic carbocycles. The Hall–Kier alpha value is -3.35. The highest BCUT2D eigenvalue weighted by atomic mass is 16.6. The molecule has 0 saturated carbocycles. The van der Waals surface area contributed by atoms with E-state index < -0.39 is 4.92 Å². The van der Waals surface area contributed by atoms with Crippen molar-refractivity contribution in [1.82, 2.24) is 15.0 Å². The third-order valence-electron chi connectivity index (χ3n) is 3.86. The first-order valence-corrected chi connectivity index (χ1v) is 7.77. The Morgan fingerprint density at radius 3 is 2.40 bits per heavy atom. The number of benzene rings is 1. The van der Waals surface area contributed by atoms with Crippen LogP contribution in [0.4, 0.5) is 11.5 Å². The topological polar surface area (TPSA) is 93.8 Å². The molecule has 3 aromatic rings. The molecule has 0 spiro atoms. The molecule has 1 N–H and O–H groups in total. The van der Waals surface area contributed by atoms with Gasteiger partial charge in [-0.15, -0.1) is 0 Å². The molecule has 0 radical (unpaired) electrons. The van der Waals surface area contributed by atoms with Gasteiger partial charge in [0.15, 0.2) is 0 Å². The van der Waals surface area contributed by atoms with Gasteiger partial charge >= 0.3 is 5.69 Å². The van der Waals surface area contributed by atoms with E-state index >= 15 is 0 Å². The Morgan fingerprint density at radius 2 is 1.76 bits per heavy atom. The summed E-state index contributed by atoms with van der Waals surface area (Å²) in [5, 5.41) is 14.3. The standard InChI is InChI=1S/C18H17N5O2/c1-12-7-17(23(24)25)18(21-8-12)22-13(2)14-3-5-15(6-4-14)16-9-19-11-20-10-16/h3-11,13H,1-2H3,(H,21,22)/t13-/m0/s1. The van der Waals surface area contributed by atoms with Crippen LogP contribution in [0.5, 0.6) is 0 Å². The highest BCUT2D eigenvalue weighted by Crippen LogP contribution is 2.27. The minimum atomic E-state index is -0.423. The number of hydrogen-bond donors (Lipinski definition) is 1. The summed E-state index contributed by atoms with van der Waals surface area (Å²) in [5.41, 5.74) is 3.67. The van der Waals surface area contributed by atoms with Gasteiger partial charge in [-0.2, -0.15) is 0 Å². The van der Waals surface area contributed by atoms with Gasteiger partial charge in [0.25, 0.3) is 0 Å². The second-order valence-electron chi connectivity index (χ2n) is 5.75. The Morgan fingerprint density at radius 1 is 1.08 bits per heavy atom. The second kappa shape index (κ2) is 7.04. The van der Waals surface area contributed by atoms with Crippen molar-refractivity contribution in [3.8, 4) is 11.1 Å². The zero-order valence-electron chi connectivity index (χ0n) is 13.9. The van der Waals surface area contributed by atoms with Crippen molar-refractivity contribution < 1.29 is 4.92 Å². The molecule has 1 atom stereocenters. The molecule has 0 aliphatic carbocycles. The fraction of sp³-hybridized carbons (Fsp3) is 0.167. The summed E-state index contributed by atoms with van der Waals surface area (Å²) < 4.78 is 0. The van der Waals surface area contributed by atoms with E-state index in [0.717, 1.165) is 22.3 Å². The lowest BCUT2D eigenvalue weighted by Gasteiger charge is -2.15.